The highest BCUT2D eigenvalue weighted by Gasteiger charge is 2.41. The molecule has 2 nitrogen and oxygen atoms in total. The number of benzene rings is 11. The van der Waals surface area contributed by atoms with E-state index in [4.69, 9.17) is 0 Å². The maximum absolute atomic E-state index is 2.86. The Hall–Kier alpha value is -8.50. The fourth-order valence-electron chi connectivity index (χ4n) is 10.6. The van der Waals surface area contributed by atoms with Gasteiger partial charge in [0.2, 0.25) is 0 Å². The minimum atomic E-state index is -2.86. The van der Waals surface area contributed by atoms with Crippen molar-refractivity contribution in [3.05, 3.63) is 279 Å². The van der Waals surface area contributed by atoms with E-state index in [-0.39, 0.29) is 0 Å². The topological polar surface area (TPSA) is 8.17 Å². The van der Waals surface area contributed by atoms with E-state index in [1.165, 1.54) is 70.0 Å². The van der Waals surface area contributed by atoms with Crippen LogP contribution in [-0.4, -0.2) is 12.6 Å². The van der Waals surface area contributed by atoms with Crippen molar-refractivity contribution < 1.29 is 0 Å². The maximum atomic E-state index is 2.49. The van der Waals surface area contributed by atoms with Gasteiger partial charge in [0.05, 0.1) is 16.7 Å². The fourth-order valence-corrected chi connectivity index (χ4v) is 15.4. The molecule has 0 unspecified atom stereocenters. The Morgan fingerprint density at radius 2 is 0.806 bits per heavy atom. The number of rotatable bonds is 10. The van der Waals surface area contributed by atoms with Crippen LogP contribution in [0.15, 0.2) is 279 Å². The first kappa shape index (κ1) is 40.0. The van der Waals surface area contributed by atoms with Gasteiger partial charge in [0.1, 0.15) is 0 Å². The number of anilines is 3. The third kappa shape index (κ3) is 6.87. The van der Waals surface area contributed by atoms with Crippen molar-refractivity contribution in [3.8, 4) is 27.9 Å². The van der Waals surface area contributed by atoms with Gasteiger partial charge >= 0.3 is 0 Å². The van der Waals surface area contributed by atoms with Crippen molar-refractivity contribution >= 4 is 78.5 Å². The molecule has 0 aliphatic rings. The van der Waals surface area contributed by atoms with Crippen LogP contribution < -0.4 is 25.6 Å². The lowest BCUT2D eigenvalue weighted by molar-refractivity contribution is 1.18. The quantitative estimate of drug-likeness (QED) is 0.0982. The molecule has 1 aromatic heterocycles. The molecule has 12 rings (SSSR count). The molecule has 0 amide bonds. The first-order chi connectivity index (χ1) is 33.3. The Bertz CT molecular complexity index is 3570. The molecule has 0 saturated carbocycles. The number of hydrogen-bond acceptors (Lipinski definition) is 1. The van der Waals surface area contributed by atoms with Crippen molar-refractivity contribution in [2.45, 2.75) is 0 Å². The molecule has 12 aromatic rings. The van der Waals surface area contributed by atoms with Gasteiger partial charge in [-0.3, -0.25) is 0 Å². The molecule has 3 heteroatoms. The summed E-state index contributed by atoms with van der Waals surface area (Å²) in [7, 11) is -2.86. The second kappa shape index (κ2) is 17.1. The van der Waals surface area contributed by atoms with Crippen molar-refractivity contribution in [2.24, 2.45) is 0 Å². The Labute approximate surface area is 392 Å². The Balaban J connectivity index is 1.11. The van der Waals surface area contributed by atoms with Crippen LogP contribution in [0.3, 0.4) is 0 Å². The monoisotopic (exact) mass is 870 g/mol. The number of aromatic nitrogens is 1. The molecule has 0 atom stereocenters. The molecule has 0 aliphatic heterocycles. The molecule has 11 aromatic carbocycles. The lowest BCUT2D eigenvalue weighted by atomic mass is 9.96. The van der Waals surface area contributed by atoms with E-state index in [9.17, 15) is 0 Å². The van der Waals surface area contributed by atoms with Gasteiger partial charge in [-0.2, -0.15) is 0 Å². The van der Waals surface area contributed by atoms with Gasteiger partial charge in [-0.1, -0.05) is 224 Å². The van der Waals surface area contributed by atoms with Crippen LogP contribution in [0.5, 0.6) is 0 Å². The molecule has 0 aliphatic carbocycles. The van der Waals surface area contributed by atoms with E-state index in [0.29, 0.717) is 0 Å². The minimum Gasteiger partial charge on any atom is -0.310 e. The van der Waals surface area contributed by atoms with Crippen LogP contribution in [0.4, 0.5) is 17.1 Å². The molecule has 0 saturated heterocycles. The number of hydrogen-bond donors (Lipinski definition) is 0. The van der Waals surface area contributed by atoms with Gasteiger partial charge < -0.3 is 9.47 Å². The molecular weight excluding hydrogens is 825 g/mol. The van der Waals surface area contributed by atoms with Crippen LogP contribution in [-0.2, 0) is 0 Å². The van der Waals surface area contributed by atoms with Crippen molar-refractivity contribution in [1.82, 2.24) is 4.57 Å². The highest BCUT2D eigenvalue weighted by Crippen LogP contribution is 2.45. The van der Waals surface area contributed by atoms with Gasteiger partial charge in [-0.05, 0) is 103 Å². The summed E-state index contributed by atoms with van der Waals surface area (Å²) in [6.07, 6.45) is 0. The van der Waals surface area contributed by atoms with Gasteiger partial charge in [-0.15, -0.1) is 0 Å². The lowest BCUT2D eigenvalue weighted by Crippen LogP contribution is -2.74. The second-order valence-electron chi connectivity index (χ2n) is 17.2. The zero-order valence-corrected chi connectivity index (χ0v) is 38.0. The zero-order chi connectivity index (χ0) is 44.6. The minimum absolute atomic E-state index is 1.08. The summed E-state index contributed by atoms with van der Waals surface area (Å²) in [6, 6.07) is 103. The van der Waals surface area contributed by atoms with Crippen molar-refractivity contribution in [2.75, 3.05) is 4.90 Å². The summed E-state index contributed by atoms with van der Waals surface area (Å²) in [5.74, 6) is 0. The zero-order valence-electron chi connectivity index (χ0n) is 37.0. The molecule has 0 N–H and O–H groups in total. The van der Waals surface area contributed by atoms with Crippen LogP contribution in [0.1, 0.15) is 0 Å². The Kier molecular flexibility index (Phi) is 10.2. The Morgan fingerprint density at radius 1 is 0.313 bits per heavy atom. The van der Waals surface area contributed by atoms with Crippen LogP contribution in [0.25, 0.3) is 60.5 Å². The number of para-hydroxylation sites is 3. The van der Waals surface area contributed by atoms with Crippen LogP contribution >= 0.6 is 0 Å². The summed E-state index contributed by atoms with van der Waals surface area (Å²) in [4.78, 5) is 2.49. The molecular formula is C64H46N2Si. The molecule has 0 spiro atoms. The lowest BCUT2D eigenvalue weighted by Gasteiger charge is -2.35. The SMILES string of the molecule is c1ccc(-n2c3ccccc3c3c(-c4ccccc4N(c4ccc(-c5cccc6ccccc56)cc4)c4cccc([Si](c5ccccc5)(c5ccccc5)c5ccccc5)c4)cccc32)cc1. The average molecular weight is 871 g/mol. The first-order valence-corrected chi connectivity index (χ1v) is 25.1. The fraction of sp³-hybridized carbons (Fsp3) is 0. The van der Waals surface area contributed by atoms with E-state index >= 15 is 0 Å². The van der Waals surface area contributed by atoms with Gasteiger partial charge in [0, 0.05) is 33.4 Å². The molecule has 0 bridgehead atoms. The van der Waals surface area contributed by atoms with Crippen LogP contribution in [0, 0.1) is 0 Å². The van der Waals surface area contributed by atoms with E-state index in [1.807, 2.05) is 0 Å². The standard InChI is InChI=1S/C64H46N2Si/c1-5-24-49(25-6-1)66-62-40-18-16-36-60(62)64-59(38-21-41-63(64)66)58-35-15-17-39-61(58)65(50-44-42-48(43-45-50)57-37-19-23-47-22-13-14-34-56(47)57)51-26-20-33-55(46-51)67(52-27-7-2-8-28-52,53-29-9-3-10-30-53)54-31-11-4-12-32-54/h1-46H. The largest absolute Gasteiger partial charge is 0.310 e. The van der Waals surface area contributed by atoms with Gasteiger partial charge in [-0.25, -0.2) is 0 Å². The normalized spacial score (nSPS) is 11.6. The highest BCUT2D eigenvalue weighted by atomic mass is 28.3. The summed E-state index contributed by atoms with van der Waals surface area (Å²) >= 11 is 0. The number of nitrogens with zero attached hydrogens (tertiary/aromatic N) is 2. The third-order valence-electron chi connectivity index (χ3n) is 13.5. The third-order valence-corrected chi connectivity index (χ3v) is 18.3. The summed E-state index contributed by atoms with van der Waals surface area (Å²) < 4.78 is 2.41. The Morgan fingerprint density at radius 3 is 1.51 bits per heavy atom. The van der Waals surface area contributed by atoms with Crippen molar-refractivity contribution in [3.63, 3.8) is 0 Å². The van der Waals surface area contributed by atoms with Gasteiger partial charge in [0.25, 0.3) is 0 Å². The first-order valence-electron chi connectivity index (χ1n) is 23.1. The predicted octanol–water partition coefficient (Wildman–Crippen LogP) is 14.1. The smallest absolute Gasteiger partial charge is 0.179 e. The maximum Gasteiger partial charge on any atom is 0.179 e. The molecule has 316 valence electrons. The van der Waals surface area contributed by atoms with E-state index in [0.717, 1.165) is 28.3 Å². The van der Waals surface area contributed by atoms with Crippen LogP contribution in [0.2, 0.25) is 0 Å². The van der Waals surface area contributed by atoms with E-state index < -0.39 is 8.07 Å². The van der Waals surface area contributed by atoms with Crippen molar-refractivity contribution in [1.29, 1.82) is 0 Å². The van der Waals surface area contributed by atoms with E-state index in [2.05, 4.69) is 289 Å². The summed E-state index contributed by atoms with van der Waals surface area (Å²) in [6.45, 7) is 0. The van der Waals surface area contributed by atoms with Gasteiger partial charge in [0.15, 0.2) is 8.07 Å². The average Bonchev–Trinajstić information content (AvgIpc) is 3.75. The molecule has 0 radical (unpaired) electrons. The summed E-state index contributed by atoms with van der Waals surface area (Å²) in [5.41, 5.74) is 11.6. The molecule has 1 heterocycles. The second-order valence-corrected chi connectivity index (χ2v) is 21.0. The summed E-state index contributed by atoms with van der Waals surface area (Å²) in [5, 5.41) is 10.3. The predicted molar refractivity (Wildman–Crippen MR) is 287 cm³/mol. The molecule has 0 fully saturated rings. The number of fused-ring (bicyclic) bond motifs is 4. The highest BCUT2D eigenvalue weighted by molar-refractivity contribution is 7.19. The molecule has 67 heavy (non-hydrogen) atoms. The van der Waals surface area contributed by atoms with E-state index in [1.54, 1.807) is 0 Å².